The SMILES string of the molecule is CC(=O)c1cccc(NC(=O)NCc2ccc3c(c2)N(C(=O)c2ccccc2)[C@@H](C)C3)c1. The van der Waals surface area contributed by atoms with E-state index in [0.29, 0.717) is 23.4 Å². The number of benzene rings is 3. The summed E-state index contributed by atoms with van der Waals surface area (Å²) in [5.74, 6) is -0.0823. The second-order valence-electron chi connectivity index (χ2n) is 8.00. The zero-order valence-electron chi connectivity index (χ0n) is 18.1. The smallest absolute Gasteiger partial charge is 0.319 e. The molecule has 0 saturated carbocycles. The summed E-state index contributed by atoms with van der Waals surface area (Å²) in [5.41, 5.74) is 4.66. The van der Waals surface area contributed by atoms with Gasteiger partial charge >= 0.3 is 6.03 Å². The summed E-state index contributed by atoms with van der Waals surface area (Å²) in [5, 5.41) is 5.58. The van der Waals surface area contributed by atoms with E-state index in [1.54, 1.807) is 24.3 Å². The maximum Gasteiger partial charge on any atom is 0.319 e. The van der Waals surface area contributed by atoms with Gasteiger partial charge in [0.25, 0.3) is 5.91 Å². The molecule has 0 aliphatic carbocycles. The number of carbonyl (C=O) groups is 3. The number of carbonyl (C=O) groups excluding carboxylic acids is 3. The molecular weight excluding hydrogens is 402 g/mol. The summed E-state index contributed by atoms with van der Waals surface area (Å²) in [6, 6.07) is 21.7. The summed E-state index contributed by atoms with van der Waals surface area (Å²) < 4.78 is 0. The summed E-state index contributed by atoms with van der Waals surface area (Å²) in [7, 11) is 0. The molecule has 4 rings (SSSR count). The van der Waals surface area contributed by atoms with Crippen LogP contribution in [0, 0.1) is 0 Å². The lowest BCUT2D eigenvalue weighted by Gasteiger charge is -2.23. The van der Waals surface area contributed by atoms with Crippen molar-refractivity contribution in [2.75, 3.05) is 10.2 Å². The van der Waals surface area contributed by atoms with Crippen LogP contribution < -0.4 is 15.5 Å². The molecule has 0 radical (unpaired) electrons. The predicted molar refractivity (Wildman–Crippen MR) is 125 cm³/mol. The van der Waals surface area contributed by atoms with Crippen LogP contribution in [0.3, 0.4) is 0 Å². The Kier molecular flexibility index (Phi) is 6.03. The van der Waals surface area contributed by atoms with Gasteiger partial charge in [0.1, 0.15) is 0 Å². The normalized spacial score (nSPS) is 14.6. The predicted octanol–water partition coefficient (Wildman–Crippen LogP) is 4.80. The van der Waals surface area contributed by atoms with E-state index in [1.165, 1.54) is 6.92 Å². The Balaban J connectivity index is 1.45. The first-order valence-corrected chi connectivity index (χ1v) is 10.6. The van der Waals surface area contributed by atoms with E-state index in [9.17, 15) is 14.4 Å². The first-order valence-electron chi connectivity index (χ1n) is 10.6. The highest BCUT2D eigenvalue weighted by Crippen LogP contribution is 2.34. The molecule has 1 heterocycles. The zero-order valence-corrected chi connectivity index (χ0v) is 18.1. The molecule has 3 aromatic rings. The van der Waals surface area contributed by atoms with Gasteiger partial charge in [-0.25, -0.2) is 4.79 Å². The van der Waals surface area contributed by atoms with Gasteiger partial charge in [0.05, 0.1) is 0 Å². The van der Waals surface area contributed by atoms with Crippen molar-refractivity contribution in [1.82, 2.24) is 5.32 Å². The molecule has 0 fully saturated rings. The van der Waals surface area contributed by atoms with E-state index in [0.717, 1.165) is 23.2 Å². The third-order valence-corrected chi connectivity index (χ3v) is 5.58. The monoisotopic (exact) mass is 427 g/mol. The first-order chi connectivity index (χ1) is 15.4. The van der Waals surface area contributed by atoms with Gasteiger partial charge in [-0.3, -0.25) is 9.59 Å². The highest BCUT2D eigenvalue weighted by atomic mass is 16.2. The Morgan fingerprint density at radius 2 is 1.69 bits per heavy atom. The molecule has 0 bridgehead atoms. The molecule has 3 amide bonds. The number of fused-ring (bicyclic) bond motifs is 1. The minimum Gasteiger partial charge on any atom is -0.334 e. The van der Waals surface area contributed by atoms with Gasteiger partial charge in [-0.1, -0.05) is 42.5 Å². The van der Waals surface area contributed by atoms with Crippen LogP contribution >= 0.6 is 0 Å². The summed E-state index contributed by atoms with van der Waals surface area (Å²) in [4.78, 5) is 38.8. The Morgan fingerprint density at radius 3 is 2.44 bits per heavy atom. The highest BCUT2D eigenvalue weighted by molar-refractivity contribution is 6.07. The molecule has 2 N–H and O–H groups in total. The highest BCUT2D eigenvalue weighted by Gasteiger charge is 2.31. The van der Waals surface area contributed by atoms with Gasteiger partial charge in [-0.05, 0) is 61.7 Å². The second kappa shape index (κ2) is 9.06. The molecule has 0 saturated heterocycles. The molecule has 0 spiro atoms. The molecule has 162 valence electrons. The largest absolute Gasteiger partial charge is 0.334 e. The van der Waals surface area contributed by atoms with Gasteiger partial charge < -0.3 is 15.5 Å². The van der Waals surface area contributed by atoms with Gasteiger partial charge in [0.2, 0.25) is 0 Å². The Morgan fingerprint density at radius 1 is 0.938 bits per heavy atom. The van der Waals surface area contributed by atoms with Crippen LogP contribution in [-0.4, -0.2) is 23.8 Å². The summed E-state index contributed by atoms with van der Waals surface area (Å²) in [6.45, 7) is 3.84. The number of anilines is 2. The topological polar surface area (TPSA) is 78.5 Å². The van der Waals surface area contributed by atoms with E-state index in [2.05, 4.69) is 10.6 Å². The summed E-state index contributed by atoms with van der Waals surface area (Å²) >= 11 is 0. The van der Waals surface area contributed by atoms with E-state index in [1.807, 2.05) is 60.4 Å². The Labute approximate surface area is 187 Å². The zero-order chi connectivity index (χ0) is 22.7. The van der Waals surface area contributed by atoms with Gasteiger partial charge in [0.15, 0.2) is 5.78 Å². The lowest BCUT2D eigenvalue weighted by atomic mass is 10.1. The minimum atomic E-state index is -0.364. The van der Waals surface area contributed by atoms with Crippen molar-refractivity contribution in [2.45, 2.75) is 32.9 Å². The van der Waals surface area contributed by atoms with Gasteiger partial charge in [-0.15, -0.1) is 0 Å². The lowest BCUT2D eigenvalue weighted by molar-refractivity contribution is 0.0979. The van der Waals surface area contributed by atoms with E-state index < -0.39 is 0 Å². The molecule has 1 aliphatic rings. The molecule has 6 nitrogen and oxygen atoms in total. The number of Topliss-reactive ketones (excluding diaryl/α,β-unsaturated/α-hetero) is 1. The molecule has 32 heavy (non-hydrogen) atoms. The average Bonchev–Trinajstić information content (AvgIpc) is 3.13. The molecule has 1 aliphatic heterocycles. The maximum atomic E-state index is 13.1. The molecule has 3 aromatic carbocycles. The van der Waals surface area contributed by atoms with Gasteiger partial charge in [-0.2, -0.15) is 0 Å². The average molecular weight is 428 g/mol. The van der Waals surface area contributed by atoms with Crippen molar-refractivity contribution < 1.29 is 14.4 Å². The second-order valence-corrected chi connectivity index (χ2v) is 8.00. The van der Waals surface area contributed by atoms with Crippen LogP contribution in [-0.2, 0) is 13.0 Å². The fraction of sp³-hybridized carbons (Fsp3) is 0.192. The molecular formula is C26H25N3O3. The standard InChI is InChI=1S/C26H25N3O3/c1-17-13-22-12-11-19(14-24(22)29(17)25(31)20-7-4-3-5-8-20)16-27-26(32)28-23-10-6-9-21(15-23)18(2)30/h3-12,14-15,17H,13,16H2,1-2H3,(H2,27,28,32)/t17-/m0/s1. The van der Waals surface area contributed by atoms with Crippen LogP contribution in [0.25, 0.3) is 0 Å². The molecule has 1 atom stereocenters. The van der Waals surface area contributed by atoms with Crippen molar-refractivity contribution in [1.29, 1.82) is 0 Å². The Hall–Kier alpha value is -3.93. The van der Waals surface area contributed by atoms with Crippen LogP contribution in [0.2, 0.25) is 0 Å². The minimum absolute atomic E-state index is 0.0231. The van der Waals surface area contributed by atoms with E-state index in [4.69, 9.17) is 0 Å². The fourth-order valence-electron chi connectivity index (χ4n) is 3.97. The number of ketones is 1. The lowest BCUT2D eigenvalue weighted by Crippen LogP contribution is -2.35. The van der Waals surface area contributed by atoms with Crippen molar-refractivity contribution in [3.8, 4) is 0 Å². The number of rotatable bonds is 5. The third kappa shape index (κ3) is 4.54. The molecule has 0 unspecified atom stereocenters. The molecule has 6 heteroatoms. The van der Waals surface area contributed by atoms with Crippen LogP contribution in [0.5, 0.6) is 0 Å². The van der Waals surface area contributed by atoms with Crippen LogP contribution in [0.15, 0.2) is 72.8 Å². The van der Waals surface area contributed by atoms with Crippen molar-refractivity contribution in [2.24, 2.45) is 0 Å². The number of nitrogens with zero attached hydrogens (tertiary/aromatic N) is 1. The summed E-state index contributed by atoms with van der Waals surface area (Å²) in [6.07, 6.45) is 0.800. The fourth-order valence-corrected chi connectivity index (χ4v) is 3.97. The van der Waals surface area contributed by atoms with Crippen molar-refractivity contribution in [3.05, 3.63) is 95.1 Å². The van der Waals surface area contributed by atoms with Crippen molar-refractivity contribution >= 4 is 29.1 Å². The number of hydrogen-bond donors (Lipinski definition) is 2. The molecule has 0 aromatic heterocycles. The number of nitrogens with one attached hydrogen (secondary N) is 2. The number of urea groups is 1. The van der Waals surface area contributed by atoms with E-state index >= 15 is 0 Å². The van der Waals surface area contributed by atoms with E-state index in [-0.39, 0.29) is 23.8 Å². The Bertz CT molecular complexity index is 1170. The first kappa shape index (κ1) is 21.3. The third-order valence-electron chi connectivity index (χ3n) is 5.58. The van der Waals surface area contributed by atoms with Crippen LogP contribution in [0.4, 0.5) is 16.2 Å². The quantitative estimate of drug-likeness (QED) is 0.574. The van der Waals surface area contributed by atoms with Crippen molar-refractivity contribution in [3.63, 3.8) is 0 Å². The number of hydrogen-bond acceptors (Lipinski definition) is 3. The number of amides is 3. The maximum absolute atomic E-state index is 13.1. The van der Waals surface area contributed by atoms with Crippen LogP contribution in [0.1, 0.15) is 45.7 Å². The van der Waals surface area contributed by atoms with Gasteiger partial charge in [0, 0.05) is 35.1 Å².